The summed E-state index contributed by atoms with van der Waals surface area (Å²) in [5, 5.41) is 0. The lowest BCUT2D eigenvalue weighted by Crippen LogP contribution is -2.65. The number of methoxy groups -OCH3 is 1. The van der Waals surface area contributed by atoms with Crippen LogP contribution in [0.3, 0.4) is 0 Å². The van der Waals surface area contributed by atoms with Gasteiger partial charge in [-0.2, -0.15) is 0 Å². The molecule has 0 radical (unpaired) electrons. The van der Waals surface area contributed by atoms with Gasteiger partial charge in [0, 0.05) is 38.0 Å². The molecule has 0 aromatic heterocycles. The van der Waals surface area contributed by atoms with Gasteiger partial charge < -0.3 is 38.2 Å². The van der Waals surface area contributed by atoms with Crippen LogP contribution in [-0.4, -0.2) is 104 Å². The predicted molar refractivity (Wildman–Crippen MR) is 130 cm³/mol. The lowest BCUT2D eigenvalue weighted by atomic mass is 9.81. The van der Waals surface area contributed by atoms with Crippen LogP contribution in [0.2, 0.25) is 0 Å². The van der Waals surface area contributed by atoms with E-state index in [9.17, 15) is 14.4 Å². The summed E-state index contributed by atoms with van der Waals surface area (Å²) in [6, 6.07) is 0. The van der Waals surface area contributed by atoms with Crippen molar-refractivity contribution < 1.29 is 42.8 Å². The molecule has 0 unspecified atom stereocenters. The van der Waals surface area contributed by atoms with Gasteiger partial charge in [0.2, 0.25) is 5.91 Å². The first-order valence-electron chi connectivity index (χ1n) is 13.1. The topological polar surface area (TPSA) is 113 Å². The van der Waals surface area contributed by atoms with E-state index in [1.54, 1.807) is 9.80 Å². The third kappa shape index (κ3) is 6.21. The molecule has 0 saturated carbocycles. The van der Waals surface area contributed by atoms with Gasteiger partial charge in [0.25, 0.3) is 0 Å². The van der Waals surface area contributed by atoms with Crippen molar-refractivity contribution >= 4 is 18.0 Å². The maximum atomic E-state index is 14.1. The lowest BCUT2D eigenvalue weighted by molar-refractivity contribution is -0.313. The average molecular weight is 527 g/mol. The number of ether oxygens (including phenoxy) is 6. The molecule has 0 aliphatic carbocycles. The molecule has 0 bridgehead atoms. The molecular formula is C26H42N2O9. The number of likely N-dealkylation sites (tertiary alicyclic amines) is 2. The van der Waals surface area contributed by atoms with E-state index in [0.29, 0.717) is 26.3 Å². The molecule has 0 aromatic carbocycles. The number of piperidine rings is 2. The Morgan fingerprint density at radius 3 is 1.78 bits per heavy atom. The Labute approximate surface area is 219 Å². The van der Waals surface area contributed by atoms with Gasteiger partial charge in [-0.15, -0.1) is 0 Å². The van der Waals surface area contributed by atoms with Gasteiger partial charge >= 0.3 is 12.1 Å². The Hall–Kier alpha value is -1.95. The largest absolute Gasteiger partial charge is 0.469 e. The van der Waals surface area contributed by atoms with Crippen molar-refractivity contribution in [3.8, 4) is 0 Å². The maximum absolute atomic E-state index is 14.1. The standard InChI is InChI=1S/C26H42N2O9/c1-24(2,3)37-23(31)28-10-16-14-34-25(4,5)35-19(16)17(11-28)21(29)27-9-15-13-33-26(6,7)36-20(15)18(12-27)22(30)32-8/h15-20H,9-14H2,1-8H3/t15-,16-,17-,18-,19+,20+/m1/s1. The van der Waals surface area contributed by atoms with E-state index in [1.807, 2.05) is 48.5 Å². The fourth-order valence-electron chi connectivity index (χ4n) is 5.72. The SMILES string of the molecule is COC(=O)[C@@H]1CN(C(=O)[C@@H]2CN(C(=O)OC(C)(C)C)C[C@@H]3COC(C)(C)O[C@@H]32)C[C@@H]2COC(C)(C)O[C@@H]21. The molecule has 37 heavy (non-hydrogen) atoms. The first-order chi connectivity index (χ1) is 17.1. The number of rotatable bonds is 2. The summed E-state index contributed by atoms with van der Waals surface area (Å²) in [7, 11) is 1.34. The number of esters is 1. The van der Waals surface area contributed by atoms with Crippen LogP contribution < -0.4 is 0 Å². The average Bonchev–Trinajstić information content (AvgIpc) is 2.79. The smallest absolute Gasteiger partial charge is 0.410 e. The van der Waals surface area contributed by atoms with Gasteiger partial charge in [0.1, 0.15) is 11.5 Å². The van der Waals surface area contributed by atoms with E-state index in [0.717, 1.165) is 0 Å². The molecule has 4 aliphatic heterocycles. The van der Waals surface area contributed by atoms with Crippen LogP contribution in [0.15, 0.2) is 0 Å². The summed E-state index contributed by atoms with van der Waals surface area (Å²) in [6.07, 6.45) is -1.34. The van der Waals surface area contributed by atoms with Crippen LogP contribution in [0.4, 0.5) is 4.79 Å². The Balaban J connectivity index is 1.58. The highest BCUT2D eigenvalue weighted by atomic mass is 16.7. The van der Waals surface area contributed by atoms with Crippen molar-refractivity contribution in [1.82, 2.24) is 9.80 Å². The van der Waals surface area contributed by atoms with Crippen LogP contribution in [0.25, 0.3) is 0 Å². The highest BCUT2D eigenvalue weighted by Gasteiger charge is 2.53. The van der Waals surface area contributed by atoms with Crippen LogP contribution in [0, 0.1) is 23.7 Å². The minimum Gasteiger partial charge on any atom is -0.469 e. The summed E-state index contributed by atoms with van der Waals surface area (Å²) in [5.74, 6) is -3.97. The Bertz CT molecular complexity index is 899. The van der Waals surface area contributed by atoms with Crippen LogP contribution in [0.5, 0.6) is 0 Å². The number of nitrogens with zero attached hydrogens (tertiary/aromatic N) is 2. The quantitative estimate of drug-likeness (QED) is 0.499. The summed E-state index contributed by atoms with van der Waals surface area (Å²) >= 11 is 0. The van der Waals surface area contributed by atoms with E-state index in [-0.39, 0.29) is 30.8 Å². The fraction of sp³-hybridized carbons (Fsp3) is 0.885. The van der Waals surface area contributed by atoms with Crippen LogP contribution in [-0.2, 0) is 38.0 Å². The minimum absolute atomic E-state index is 0.151. The van der Waals surface area contributed by atoms with Crippen molar-refractivity contribution in [1.29, 1.82) is 0 Å². The second-order valence-corrected chi connectivity index (χ2v) is 12.5. The van der Waals surface area contributed by atoms with Crippen molar-refractivity contribution in [2.45, 2.75) is 77.8 Å². The van der Waals surface area contributed by atoms with Gasteiger partial charge in [-0.05, 0) is 48.5 Å². The first kappa shape index (κ1) is 28.1. The predicted octanol–water partition coefficient (Wildman–Crippen LogP) is 2.02. The minimum atomic E-state index is -0.855. The fourth-order valence-corrected chi connectivity index (χ4v) is 5.72. The van der Waals surface area contributed by atoms with Gasteiger partial charge in [-0.1, -0.05) is 0 Å². The molecule has 0 aromatic rings. The molecule has 210 valence electrons. The molecule has 6 atom stereocenters. The monoisotopic (exact) mass is 526 g/mol. The molecule has 4 heterocycles. The van der Waals surface area contributed by atoms with Crippen molar-refractivity contribution in [2.24, 2.45) is 23.7 Å². The molecule has 4 saturated heterocycles. The van der Waals surface area contributed by atoms with E-state index >= 15 is 0 Å². The maximum Gasteiger partial charge on any atom is 0.410 e. The third-order valence-corrected chi connectivity index (χ3v) is 7.38. The summed E-state index contributed by atoms with van der Waals surface area (Å²) in [4.78, 5) is 43.1. The Kier molecular flexibility index (Phi) is 7.57. The molecule has 0 spiro atoms. The Morgan fingerprint density at radius 2 is 1.27 bits per heavy atom. The number of hydrogen-bond acceptors (Lipinski definition) is 9. The second-order valence-electron chi connectivity index (χ2n) is 12.5. The van der Waals surface area contributed by atoms with E-state index in [2.05, 4.69) is 0 Å². The van der Waals surface area contributed by atoms with Crippen molar-refractivity contribution in [3.05, 3.63) is 0 Å². The highest BCUT2D eigenvalue weighted by Crippen LogP contribution is 2.39. The highest BCUT2D eigenvalue weighted by molar-refractivity contribution is 5.82. The molecule has 11 heteroatoms. The van der Waals surface area contributed by atoms with Crippen LogP contribution >= 0.6 is 0 Å². The number of carbonyl (C=O) groups excluding carboxylic acids is 3. The molecule has 4 fully saturated rings. The molecule has 4 aliphatic rings. The molecule has 2 amide bonds. The molecule has 0 N–H and O–H groups in total. The van der Waals surface area contributed by atoms with Crippen molar-refractivity contribution in [3.63, 3.8) is 0 Å². The van der Waals surface area contributed by atoms with Crippen LogP contribution in [0.1, 0.15) is 48.5 Å². The number of amides is 2. The van der Waals surface area contributed by atoms with E-state index in [4.69, 9.17) is 28.4 Å². The summed E-state index contributed by atoms with van der Waals surface area (Å²) in [5.41, 5.74) is -0.667. The number of hydrogen-bond donors (Lipinski definition) is 0. The van der Waals surface area contributed by atoms with Crippen molar-refractivity contribution in [2.75, 3.05) is 46.5 Å². The normalized spacial score (nSPS) is 35.1. The third-order valence-electron chi connectivity index (χ3n) is 7.38. The molecule has 4 rings (SSSR count). The molecule has 11 nitrogen and oxygen atoms in total. The van der Waals surface area contributed by atoms with Gasteiger partial charge in [-0.25, -0.2) is 4.79 Å². The first-order valence-corrected chi connectivity index (χ1v) is 13.1. The van der Waals surface area contributed by atoms with E-state index in [1.165, 1.54) is 7.11 Å². The number of fused-ring (bicyclic) bond motifs is 2. The zero-order valence-corrected chi connectivity index (χ0v) is 23.3. The van der Waals surface area contributed by atoms with Gasteiger partial charge in [0.15, 0.2) is 11.6 Å². The summed E-state index contributed by atoms with van der Waals surface area (Å²) in [6.45, 7) is 14.4. The Morgan fingerprint density at radius 1 is 0.784 bits per heavy atom. The van der Waals surface area contributed by atoms with Gasteiger partial charge in [0.05, 0.1) is 38.4 Å². The number of carbonyl (C=O) groups is 3. The summed E-state index contributed by atoms with van der Waals surface area (Å²) < 4.78 is 34.8. The lowest BCUT2D eigenvalue weighted by Gasteiger charge is -2.52. The second kappa shape index (κ2) is 9.98. The molecular weight excluding hydrogens is 484 g/mol. The van der Waals surface area contributed by atoms with E-state index < -0.39 is 53.3 Å². The zero-order chi connectivity index (χ0) is 27.3. The zero-order valence-electron chi connectivity index (χ0n) is 23.3. The van der Waals surface area contributed by atoms with Gasteiger partial charge in [-0.3, -0.25) is 9.59 Å².